The number of carbonyl (C=O) groups excluding carboxylic acids is 2. The molecule has 2 amide bonds. The molecule has 1 fully saturated rings. The minimum atomic E-state index is -0.683. The average molecular weight is 319 g/mol. The van der Waals surface area contributed by atoms with Crippen LogP contribution in [0.4, 0.5) is 15.8 Å². The Morgan fingerprint density at radius 2 is 1.77 bits per heavy atom. The average Bonchev–Trinajstić information content (AvgIpc) is 2.77. The van der Waals surface area contributed by atoms with Gasteiger partial charge in [-0.25, -0.2) is 9.29 Å². The van der Waals surface area contributed by atoms with Crippen LogP contribution in [-0.2, 0) is 9.59 Å². The first-order valence-electron chi connectivity index (χ1n) is 6.69. The number of hydrogen-bond donors (Lipinski definition) is 1. The number of benzene rings is 2. The summed E-state index contributed by atoms with van der Waals surface area (Å²) in [4.78, 5) is 25.6. The zero-order valence-electron chi connectivity index (χ0n) is 11.4. The lowest BCUT2D eigenvalue weighted by Gasteiger charge is -2.16. The molecule has 3 rings (SSSR count). The van der Waals surface area contributed by atoms with Gasteiger partial charge in [0.2, 0.25) is 5.91 Å². The molecule has 1 N–H and O–H groups in total. The van der Waals surface area contributed by atoms with Gasteiger partial charge < -0.3 is 5.32 Å². The summed E-state index contributed by atoms with van der Waals surface area (Å²) in [6.45, 7) is 0. The second-order valence-corrected chi connectivity index (χ2v) is 5.33. The minimum Gasteiger partial charge on any atom is -0.372 e. The monoisotopic (exact) mass is 318 g/mol. The van der Waals surface area contributed by atoms with Gasteiger partial charge in [0.25, 0.3) is 5.91 Å². The van der Waals surface area contributed by atoms with Gasteiger partial charge >= 0.3 is 0 Å². The van der Waals surface area contributed by atoms with E-state index in [-0.39, 0.29) is 18.2 Å². The predicted molar refractivity (Wildman–Crippen MR) is 82.4 cm³/mol. The van der Waals surface area contributed by atoms with E-state index in [1.165, 1.54) is 24.3 Å². The Bertz CT molecular complexity index is 733. The molecule has 22 heavy (non-hydrogen) atoms. The number of hydrogen-bond acceptors (Lipinski definition) is 3. The molecule has 112 valence electrons. The molecule has 1 aliphatic heterocycles. The predicted octanol–water partition coefficient (Wildman–Crippen LogP) is 3.22. The number of para-hydroxylation sites is 1. The summed E-state index contributed by atoms with van der Waals surface area (Å²) in [6, 6.07) is 11.6. The van der Waals surface area contributed by atoms with Crippen molar-refractivity contribution in [3.05, 3.63) is 59.4 Å². The molecule has 0 aliphatic carbocycles. The van der Waals surface area contributed by atoms with Crippen LogP contribution in [0.3, 0.4) is 0 Å². The third kappa shape index (κ3) is 2.67. The second kappa shape index (κ2) is 5.77. The second-order valence-electron chi connectivity index (χ2n) is 4.92. The van der Waals surface area contributed by atoms with E-state index < -0.39 is 11.9 Å². The van der Waals surface area contributed by atoms with E-state index in [0.717, 1.165) is 4.90 Å². The van der Waals surface area contributed by atoms with Gasteiger partial charge in [-0.3, -0.25) is 9.59 Å². The van der Waals surface area contributed by atoms with Crippen molar-refractivity contribution >= 4 is 34.8 Å². The first-order chi connectivity index (χ1) is 10.6. The lowest BCUT2D eigenvalue weighted by Crippen LogP contribution is -2.34. The van der Waals surface area contributed by atoms with Gasteiger partial charge in [-0.2, -0.15) is 0 Å². The zero-order chi connectivity index (χ0) is 15.7. The third-order valence-electron chi connectivity index (χ3n) is 3.44. The molecule has 2 aromatic rings. The fourth-order valence-corrected chi connectivity index (χ4v) is 2.56. The van der Waals surface area contributed by atoms with Crippen LogP contribution < -0.4 is 10.2 Å². The number of nitrogens with one attached hydrogen (secondary N) is 1. The molecule has 0 radical (unpaired) electrons. The number of rotatable bonds is 3. The maximum Gasteiger partial charge on any atom is 0.256 e. The summed E-state index contributed by atoms with van der Waals surface area (Å²) in [5, 5.41) is 3.46. The van der Waals surface area contributed by atoms with E-state index in [9.17, 15) is 14.0 Å². The van der Waals surface area contributed by atoms with Crippen molar-refractivity contribution in [2.45, 2.75) is 12.5 Å². The molecule has 2 aromatic carbocycles. The van der Waals surface area contributed by atoms with Crippen LogP contribution in [0.25, 0.3) is 0 Å². The highest BCUT2D eigenvalue weighted by atomic mass is 35.5. The van der Waals surface area contributed by atoms with E-state index in [1.54, 1.807) is 24.3 Å². The number of halogens is 2. The summed E-state index contributed by atoms with van der Waals surface area (Å²) in [7, 11) is 0. The van der Waals surface area contributed by atoms with Crippen LogP contribution in [0.5, 0.6) is 0 Å². The van der Waals surface area contributed by atoms with Crippen LogP contribution in [0.2, 0.25) is 5.02 Å². The van der Waals surface area contributed by atoms with Crippen LogP contribution in [0, 0.1) is 5.82 Å². The smallest absolute Gasteiger partial charge is 0.256 e. The molecule has 0 saturated carbocycles. The highest BCUT2D eigenvalue weighted by molar-refractivity contribution is 6.33. The van der Waals surface area contributed by atoms with Crippen LogP contribution in [0.1, 0.15) is 6.42 Å². The first kappa shape index (κ1) is 14.5. The third-order valence-corrected chi connectivity index (χ3v) is 3.76. The molecular formula is C16H12ClFN2O2. The van der Waals surface area contributed by atoms with Crippen molar-refractivity contribution in [3.8, 4) is 0 Å². The van der Waals surface area contributed by atoms with E-state index >= 15 is 0 Å². The van der Waals surface area contributed by atoms with Crippen molar-refractivity contribution in [3.63, 3.8) is 0 Å². The quantitative estimate of drug-likeness (QED) is 0.884. The van der Waals surface area contributed by atoms with Gasteiger partial charge in [-0.05, 0) is 36.4 Å². The Hall–Kier alpha value is -2.40. The number of amides is 2. The standard InChI is InChI=1S/C16H12ClFN2O2/c17-12-3-1-2-4-13(12)19-14-9-15(21)20(16(14)22)11-7-5-10(18)6-8-11/h1-8,14,19H,9H2/t14-/m1/s1. The van der Waals surface area contributed by atoms with Crippen molar-refractivity contribution < 1.29 is 14.0 Å². The van der Waals surface area contributed by atoms with Crippen LogP contribution >= 0.6 is 11.6 Å². The van der Waals surface area contributed by atoms with E-state index in [2.05, 4.69) is 5.32 Å². The Labute approximate surface area is 131 Å². The zero-order valence-corrected chi connectivity index (χ0v) is 12.2. The molecule has 0 bridgehead atoms. The lowest BCUT2D eigenvalue weighted by molar-refractivity contribution is -0.121. The summed E-state index contributed by atoms with van der Waals surface area (Å²) >= 11 is 6.04. The van der Waals surface area contributed by atoms with Crippen molar-refractivity contribution in [1.29, 1.82) is 0 Å². The molecule has 0 aromatic heterocycles. The van der Waals surface area contributed by atoms with Crippen molar-refractivity contribution in [2.75, 3.05) is 10.2 Å². The highest BCUT2D eigenvalue weighted by Gasteiger charge is 2.39. The fraction of sp³-hybridized carbons (Fsp3) is 0.125. The molecule has 1 aliphatic rings. The molecule has 1 saturated heterocycles. The van der Waals surface area contributed by atoms with Gasteiger partial charge in [0.1, 0.15) is 11.9 Å². The number of anilines is 2. The molecule has 4 nitrogen and oxygen atoms in total. The first-order valence-corrected chi connectivity index (χ1v) is 7.07. The minimum absolute atomic E-state index is 0.0292. The Kier molecular flexibility index (Phi) is 3.81. The van der Waals surface area contributed by atoms with Gasteiger partial charge in [0.05, 0.1) is 22.8 Å². The van der Waals surface area contributed by atoms with Gasteiger partial charge in [-0.15, -0.1) is 0 Å². The van der Waals surface area contributed by atoms with Crippen LogP contribution in [-0.4, -0.2) is 17.9 Å². The number of nitrogens with zero attached hydrogens (tertiary/aromatic N) is 1. The van der Waals surface area contributed by atoms with Crippen molar-refractivity contribution in [2.24, 2.45) is 0 Å². The molecule has 0 unspecified atom stereocenters. The number of imide groups is 1. The maximum atomic E-state index is 13.0. The van der Waals surface area contributed by atoms with E-state index in [4.69, 9.17) is 11.6 Å². The molecule has 6 heteroatoms. The number of carbonyl (C=O) groups is 2. The normalized spacial score (nSPS) is 17.9. The summed E-state index contributed by atoms with van der Waals surface area (Å²) in [5.41, 5.74) is 0.955. The maximum absolute atomic E-state index is 13.0. The lowest BCUT2D eigenvalue weighted by atomic mass is 10.2. The van der Waals surface area contributed by atoms with Crippen LogP contribution in [0.15, 0.2) is 48.5 Å². The highest BCUT2D eigenvalue weighted by Crippen LogP contribution is 2.27. The Balaban J connectivity index is 1.82. The summed E-state index contributed by atoms with van der Waals surface area (Å²) < 4.78 is 13.0. The Morgan fingerprint density at radius 1 is 1.09 bits per heavy atom. The van der Waals surface area contributed by atoms with Gasteiger partial charge in [0.15, 0.2) is 0 Å². The fourth-order valence-electron chi connectivity index (χ4n) is 2.37. The SMILES string of the molecule is O=C1C[C@@H](Nc2ccccc2Cl)C(=O)N1c1ccc(F)cc1. The largest absolute Gasteiger partial charge is 0.372 e. The molecule has 1 atom stereocenters. The summed E-state index contributed by atoms with van der Waals surface area (Å²) in [5.74, 6) is -1.13. The van der Waals surface area contributed by atoms with Gasteiger partial charge in [0, 0.05) is 0 Å². The molecule has 0 spiro atoms. The Morgan fingerprint density at radius 3 is 2.45 bits per heavy atom. The summed E-state index contributed by atoms with van der Waals surface area (Å²) in [6.07, 6.45) is 0.0292. The topological polar surface area (TPSA) is 49.4 Å². The molecular weight excluding hydrogens is 307 g/mol. The van der Waals surface area contributed by atoms with Crippen molar-refractivity contribution in [1.82, 2.24) is 0 Å². The van der Waals surface area contributed by atoms with E-state index in [1.807, 2.05) is 0 Å². The molecule has 1 heterocycles. The van der Waals surface area contributed by atoms with E-state index in [0.29, 0.717) is 16.4 Å². The van der Waals surface area contributed by atoms with Gasteiger partial charge in [-0.1, -0.05) is 23.7 Å².